The first-order valence-electron chi connectivity index (χ1n) is 7.80. The second-order valence-corrected chi connectivity index (χ2v) is 6.76. The molecule has 0 N–H and O–H groups in total. The van der Waals surface area contributed by atoms with Gasteiger partial charge < -0.3 is 0 Å². The molecule has 2 aliphatic rings. The van der Waals surface area contributed by atoms with Gasteiger partial charge in [0.05, 0.1) is 12.7 Å². The second-order valence-electron chi connectivity index (χ2n) is 6.33. The van der Waals surface area contributed by atoms with E-state index in [0.29, 0.717) is 0 Å². The number of halogens is 1. The first-order chi connectivity index (χ1) is 10.3. The molecule has 2 atom stereocenters. The smallest absolute Gasteiger partial charge is 0.0568 e. The summed E-state index contributed by atoms with van der Waals surface area (Å²) in [6.45, 7) is 3.41. The van der Waals surface area contributed by atoms with Crippen LogP contribution in [0.5, 0.6) is 0 Å². The van der Waals surface area contributed by atoms with Crippen LogP contribution in [-0.4, -0.2) is 33.8 Å². The highest BCUT2D eigenvalue weighted by Gasteiger charge is 2.37. The number of aromatic nitrogens is 2. The summed E-state index contributed by atoms with van der Waals surface area (Å²) in [4.78, 5) is 2.65. The van der Waals surface area contributed by atoms with Crippen LogP contribution in [0.15, 0.2) is 36.7 Å². The zero-order valence-electron chi connectivity index (χ0n) is 12.1. The Labute approximate surface area is 130 Å². The molecule has 2 bridgehead atoms. The summed E-state index contributed by atoms with van der Waals surface area (Å²) in [7, 11) is 0. The standard InChI is InChI=1S/C17H20ClN3/c18-16-4-2-14(3-5-16)15-10-19-21(12-15)8-7-20-11-13-1-6-17(20)9-13/h2-5,10,12-13,17H,1,6-9,11H2. The maximum absolute atomic E-state index is 5.93. The molecule has 2 unspecified atom stereocenters. The predicted molar refractivity (Wildman–Crippen MR) is 85.4 cm³/mol. The molecule has 3 nitrogen and oxygen atoms in total. The van der Waals surface area contributed by atoms with Gasteiger partial charge in [-0.25, -0.2) is 0 Å². The van der Waals surface area contributed by atoms with Crippen molar-refractivity contribution in [1.29, 1.82) is 0 Å². The molecule has 0 spiro atoms. The van der Waals surface area contributed by atoms with E-state index < -0.39 is 0 Å². The van der Waals surface area contributed by atoms with Gasteiger partial charge in [0.25, 0.3) is 0 Å². The summed E-state index contributed by atoms with van der Waals surface area (Å²) in [5.74, 6) is 0.970. The lowest BCUT2D eigenvalue weighted by molar-refractivity contribution is 0.203. The lowest BCUT2D eigenvalue weighted by Crippen LogP contribution is -2.34. The van der Waals surface area contributed by atoms with E-state index in [2.05, 4.69) is 20.9 Å². The number of hydrogen-bond acceptors (Lipinski definition) is 2. The third-order valence-electron chi connectivity index (χ3n) is 4.95. The van der Waals surface area contributed by atoms with E-state index in [1.165, 1.54) is 31.4 Å². The van der Waals surface area contributed by atoms with Gasteiger partial charge in [0.15, 0.2) is 0 Å². The van der Waals surface area contributed by atoms with Crippen molar-refractivity contribution in [2.45, 2.75) is 31.8 Å². The van der Waals surface area contributed by atoms with E-state index in [4.69, 9.17) is 11.6 Å². The number of rotatable bonds is 4. The summed E-state index contributed by atoms with van der Waals surface area (Å²) in [5, 5.41) is 5.27. The minimum atomic E-state index is 0.773. The number of piperidine rings is 1. The fourth-order valence-electron chi connectivity index (χ4n) is 3.81. The van der Waals surface area contributed by atoms with E-state index in [-0.39, 0.29) is 0 Å². The summed E-state index contributed by atoms with van der Waals surface area (Å²) < 4.78 is 2.07. The molecule has 4 heteroatoms. The monoisotopic (exact) mass is 301 g/mol. The van der Waals surface area contributed by atoms with Crippen LogP contribution in [0.25, 0.3) is 11.1 Å². The predicted octanol–water partition coefficient (Wildman–Crippen LogP) is 3.69. The van der Waals surface area contributed by atoms with Crippen LogP contribution in [0, 0.1) is 5.92 Å². The molecule has 21 heavy (non-hydrogen) atoms. The fourth-order valence-corrected chi connectivity index (χ4v) is 3.93. The largest absolute Gasteiger partial charge is 0.298 e. The third-order valence-corrected chi connectivity index (χ3v) is 5.20. The van der Waals surface area contributed by atoms with Gasteiger partial charge in [-0.15, -0.1) is 0 Å². The molecular weight excluding hydrogens is 282 g/mol. The Hall–Kier alpha value is -1.32. The van der Waals surface area contributed by atoms with E-state index in [0.717, 1.165) is 35.6 Å². The Kier molecular flexibility index (Phi) is 3.48. The molecule has 1 aromatic heterocycles. The average molecular weight is 302 g/mol. The van der Waals surface area contributed by atoms with Crippen molar-refractivity contribution in [3.05, 3.63) is 41.7 Å². The molecule has 2 fully saturated rings. The van der Waals surface area contributed by atoms with Gasteiger partial charge in [-0.1, -0.05) is 23.7 Å². The zero-order chi connectivity index (χ0) is 14.2. The number of hydrogen-bond donors (Lipinski definition) is 0. The van der Waals surface area contributed by atoms with Crippen LogP contribution in [0.3, 0.4) is 0 Å². The van der Waals surface area contributed by atoms with E-state index in [9.17, 15) is 0 Å². The van der Waals surface area contributed by atoms with Crippen molar-refractivity contribution in [2.24, 2.45) is 5.92 Å². The van der Waals surface area contributed by atoms with E-state index in [1.807, 2.05) is 30.5 Å². The first-order valence-corrected chi connectivity index (χ1v) is 8.18. The molecule has 1 aliphatic carbocycles. The highest BCUT2D eigenvalue weighted by atomic mass is 35.5. The van der Waals surface area contributed by atoms with Crippen molar-refractivity contribution >= 4 is 11.6 Å². The molecule has 1 aromatic carbocycles. The Morgan fingerprint density at radius 3 is 2.67 bits per heavy atom. The van der Waals surface area contributed by atoms with E-state index >= 15 is 0 Å². The lowest BCUT2D eigenvalue weighted by Gasteiger charge is -2.26. The molecule has 1 aliphatic heterocycles. The van der Waals surface area contributed by atoms with Crippen LogP contribution in [0.2, 0.25) is 5.02 Å². The summed E-state index contributed by atoms with van der Waals surface area (Å²) >= 11 is 5.93. The topological polar surface area (TPSA) is 21.1 Å². The first kappa shape index (κ1) is 13.4. The number of benzene rings is 1. The van der Waals surface area contributed by atoms with Crippen LogP contribution >= 0.6 is 11.6 Å². The van der Waals surface area contributed by atoms with Crippen LogP contribution in [0.1, 0.15) is 19.3 Å². The molecule has 1 saturated carbocycles. The van der Waals surface area contributed by atoms with Crippen LogP contribution < -0.4 is 0 Å². The zero-order valence-corrected chi connectivity index (χ0v) is 12.8. The van der Waals surface area contributed by atoms with Gasteiger partial charge in [-0.2, -0.15) is 5.10 Å². The van der Waals surface area contributed by atoms with Crippen molar-refractivity contribution in [3.8, 4) is 11.1 Å². The summed E-state index contributed by atoms with van der Waals surface area (Å²) in [5.41, 5.74) is 2.33. The van der Waals surface area contributed by atoms with Gasteiger partial charge in [0, 0.05) is 35.9 Å². The minimum absolute atomic E-state index is 0.773. The average Bonchev–Trinajstić information content (AvgIpc) is 3.22. The van der Waals surface area contributed by atoms with Crippen molar-refractivity contribution < 1.29 is 0 Å². The lowest BCUT2D eigenvalue weighted by atomic mass is 10.1. The Balaban J connectivity index is 1.39. The van der Waals surface area contributed by atoms with Gasteiger partial charge in [-0.3, -0.25) is 9.58 Å². The maximum atomic E-state index is 5.93. The molecule has 2 aromatic rings. The molecular formula is C17H20ClN3. The minimum Gasteiger partial charge on any atom is -0.298 e. The quantitative estimate of drug-likeness (QED) is 0.859. The van der Waals surface area contributed by atoms with Gasteiger partial charge in [-0.05, 0) is 42.9 Å². The third kappa shape index (κ3) is 2.72. The van der Waals surface area contributed by atoms with Crippen molar-refractivity contribution in [2.75, 3.05) is 13.1 Å². The van der Waals surface area contributed by atoms with Crippen molar-refractivity contribution in [1.82, 2.24) is 14.7 Å². The Bertz CT molecular complexity index is 619. The van der Waals surface area contributed by atoms with E-state index in [1.54, 1.807) is 0 Å². The highest BCUT2D eigenvalue weighted by Crippen LogP contribution is 2.37. The normalized spacial score (nSPS) is 24.8. The molecule has 110 valence electrons. The molecule has 1 saturated heterocycles. The molecule has 4 rings (SSSR count). The maximum Gasteiger partial charge on any atom is 0.0568 e. The second kappa shape index (κ2) is 5.47. The van der Waals surface area contributed by atoms with Gasteiger partial charge in [0.1, 0.15) is 0 Å². The fraction of sp³-hybridized carbons (Fsp3) is 0.471. The van der Waals surface area contributed by atoms with Gasteiger partial charge >= 0.3 is 0 Å². The summed E-state index contributed by atoms with van der Waals surface area (Å²) in [6, 6.07) is 8.79. The van der Waals surface area contributed by atoms with Gasteiger partial charge in [0.2, 0.25) is 0 Å². The molecule has 0 amide bonds. The van der Waals surface area contributed by atoms with Crippen molar-refractivity contribution in [3.63, 3.8) is 0 Å². The number of fused-ring (bicyclic) bond motifs is 2. The van der Waals surface area contributed by atoms with Crippen LogP contribution in [-0.2, 0) is 6.54 Å². The SMILES string of the molecule is Clc1ccc(-c2cnn(CCN3CC4CCC3C4)c2)cc1. The summed E-state index contributed by atoms with van der Waals surface area (Å²) in [6.07, 6.45) is 8.36. The number of nitrogens with zero attached hydrogens (tertiary/aromatic N) is 3. The molecule has 0 radical (unpaired) electrons. The number of likely N-dealkylation sites (tertiary alicyclic amines) is 1. The molecule has 2 heterocycles. The Morgan fingerprint density at radius 2 is 1.95 bits per heavy atom. The van der Waals surface area contributed by atoms with Crippen LogP contribution in [0.4, 0.5) is 0 Å². The highest BCUT2D eigenvalue weighted by molar-refractivity contribution is 6.30. The Morgan fingerprint density at radius 1 is 1.10 bits per heavy atom.